The molecular weight excluding hydrogens is 234 g/mol. The van der Waals surface area contributed by atoms with E-state index in [4.69, 9.17) is 5.73 Å². The highest BCUT2D eigenvalue weighted by Crippen LogP contribution is 2.26. The Morgan fingerprint density at radius 1 is 1.32 bits per heavy atom. The number of para-hydroxylation sites is 1. The van der Waals surface area contributed by atoms with E-state index in [1.54, 1.807) is 0 Å². The van der Waals surface area contributed by atoms with Gasteiger partial charge in [0, 0.05) is 30.9 Å². The first-order chi connectivity index (χ1) is 9.13. The molecule has 1 fully saturated rings. The second kappa shape index (κ2) is 6.40. The minimum absolute atomic E-state index is 0.564. The van der Waals surface area contributed by atoms with Gasteiger partial charge in [0.2, 0.25) is 0 Å². The fourth-order valence-corrected chi connectivity index (χ4v) is 3.00. The van der Waals surface area contributed by atoms with Crippen LogP contribution in [0.15, 0.2) is 24.3 Å². The summed E-state index contributed by atoms with van der Waals surface area (Å²) in [7, 11) is 2.23. The molecule has 1 saturated heterocycles. The Balaban J connectivity index is 2.24. The first kappa shape index (κ1) is 14.4. The summed E-state index contributed by atoms with van der Waals surface area (Å²) in [6.45, 7) is 7.55. The van der Waals surface area contributed by atoms with E-state index in [1.807, 2.05) is 0 Å². The molecule has 0 radical (unpaired) electrons. The zero-order valence-corrected chi connectivity index (χ0v) is 12.5. The third-order valence-electron chi connectivity index (χ3n) is 4.39. The number of rotatable bonds is 3. The van der Waals surface area contributed by atoms with Gasteiger partial charge in [-0.3, -0.25) is 0 Å². The molecule has 3 nitrogen and oxygen atoms in total. The van der Waals surface area contributed by atoms with Crippen molar-refractivity contribution in [1.82, 2.24) is 4.90 Å². The molecule has 19 heavy (non-hydrogen) atoms. The maximum atomic E-state index is 5.78. The predicted molar refractivity (Wildman–Crippen MR) is 82.7 cm³/mol. The maximum absolute atomic E-state index is 5.78. The summed E-state index contributed by atoms with van der Waals surface area (Å²) < 4.78 is 0. The molecule has 2 unspecified atom stereocenters. The SMILES string of the molecule is Cc1ccccc1N1CC(CCN)N(C)CCC1C. The lowest BCUT2D eigenvalue weighted by Crippen LogP contribution is -2.42. The monoisotopic (exact) mass is 261 g/mol. The topological polar surface area (TPSA) is 32.5 Å². The molecule has 1 aromatic rings. The lowest BCUT2D eigenvalue weighted by molar-refractivity contribution is 0.250. The Kier molecular flexibility index (Phi) is 4.83. The molecule has 1 aliphatic rings. The van der Waals surface area contributed by atoms with Crippen LogP contribution in [0.2, 0.25) is 0 Å². The summed E-state index contributed by atoms with van der Waals surface area (Å²) in [5.74, 6) is 0. The number of nitrogens with zero attached hydrogens (tertiary/aromatic N) is 2. The summed E-state index contributed by atoms with van der Waals surface area (Å²) in [4.78, 5) is 5.04. The number of nitrogens with two attached hydrogens (primary N) is 1. The van der Waals surface area contributed by atoms with E-state index >= 15 is 0 Å². The molecule has 1 aromatic carbocycles. The molecule has 2 rings (SSSR count). The molecule has 0 aliphatic carbocycles. The summed E-state index contributed by atoms with van der Waals surface area (Å²) in [5.41, 5.74) is 8.52. The molecule has 0 saturated carbocycles. The highest BCUT2D eigenvalue weighted by Gasteiger charge is 2.26. The minimum atomic E-state index is 0.564. The maximum Gasteiger partial charge on any atom is 0.0398 e. The molecule has 0 aromatic heterocycles. The lowest BCUT2D eigenvalue weighted by Gasteiger charge is -2.33. The van der Waals surface area contributed by atoms with Gasteiger partial charge >= 0.3 is 0 Å². The Hall–Kier alpha value is -1.06. The van der Waals surface area contributed by atoms with Gasteiger partial charge in [-0.25, -0.2) is 0 Å². The van der Waals surface area contributed by atoms with Crippen molar-refractivity contribution in [3.05, 3.63) is 29.8 Å². The van der Waals surface area contributed by atoms with Crippen LogP contribution in [0, 0.1) is 6.92 Å². The standard InChI is InChI=1S/C16H27N3/c1-13-6-4-5-7-16(13)19-12-15(8-10-17)18(3)11-9-14(19)2/h4-7,14-15H,8-12,17H2,1-3H3. The van der Waals surface area contributed by atoms with Gasteiger partial charge in [-0.2, -0.15) is 0 Å². The van der Waals surface area contributed by atoms with Gasteiger partial charge in [-0.1, -0.05) is 18.2 Å². The first-order valence-electron chi connectivity index (χ1n) is 7.36. The van der Waals surface area contributed by atoms with Gasteiger partial charge in [0.1, 0.15) is 0 Å². The second-order valence-electron chi connectivity index (χ2n) is 5.79. The largest absolute Gasteiger partial charge is 0.367 e. The smallest absolute Gasteiger partial charge is 0.0398 e. The van der Waals surface area contributed by atoms with Crippen molar-refractivity contribution in [2.45, 2.75) is 38.8 Å². The Morgan fingerprint density at radius 2 is 2.05 bits per heavy atom. The lowest BCUT2D eigenvalue weighted by atomic mass is 10.1. The molecule has 0 spiro atoms. The second-order valence-corrected chi connectivity index (χ2v) is 5.79. The van der Waals surface area contributed by atoms with Crippen LogP contribution in [0.4, 0.5) is 5.69 Å². The van der Waals surface area contributed by atoms with Crippen molar-refractivity contribution >= 4 is 5.69 Å². The van der Waals surface area contributed by atoms with E-state index in [2.05, 4.69) is 55.0 Å². The third kappa shape index (κ3) is 3.28. The summed E-state index contributed by atoms with van der Waals surface area (Å²) in [6.07, 6.45) is 2.29. The number of hydrogen-bond acceptors (Lipinski definition) is 3. The number of hydrogen-bond donors (Lipinski definition) is 1. The van der Waals surface area contributed by atoms with Crippen LogP contribution in [0.3, 0.4) is 0 Å². The van der Waals surface area contributed by atoms with E-state index in [9.17, 15) is 0 Å². The quantitative estimate of drug-likeness (QED) is 0.906. The average molecular weight is 261 g/mol. The summed E-state index contributed by atoms with van der Waals surface area (Å²) in [6, 6.07) is 9.86. The van der Waals surface area contributed by atoms with Crippen molar-refractivity contribution in [1.29, 1.82) is 0 Å². The Labute approximate surface area is 117 Å². The molecule has 3 heteroatoms. The Bertz CT molecular complexity index is 405. The third-order valence-corrected chi connectivity index (χ3v) is 4.39. The van der Waals surface area contributed by atoms with Crippen molar-refractivity contribution in [2.75, 3.05) is 31.6 Å². The minimum Gasteiger partial charge on any atom is -0.367 e. The van der Waals surface area contributed by atoms with Crippen LogP contribution < -0.4 is 10.6 Å². The van der Waals surface area contributed by atoms with E-state index < -0.39 is 0 Å². The highest BCUT2D eigenvalue weighted by atomic mass is 15.2. The summed E-state index contributed by atoms with van der Waals surface area (Å²) in [5, 5.41) is 0. The predicted octanol–water partition coefficient (Wildman–Crippen LogP) is 2.24. The van der Waals surface area contributed by atoms with E-state index in [0.717, 1.165) is 26.1 Å². The van der Waals surface area contributed by atoms with Crippen molar-refractivity contribution in [3.8, 4) is 0 Å². The van der Waals surface area contributed by atoms with Gasteiger partial charge in [-0.05, 0) is 51.9 Å². The number of anilines is 1. The molecular formula is C16H27N3. The van der Waals surface area contributed by atoms with Crippen molar-refractivity contribution in [3.63, 3.8) is 0 Å². The van der Waals surface area contributed by atoms with Crippen LogP contribution >= 0.6 is 0 Å². The Morgan fingerprint density at radius 3 is 2.74 bits per heavy atom. The van der Waals surface area contributed by atoms with E-state index in [1.165, 1.54) is 17.7 Å². The summed E-state index contributed by atoms with van der Waals surface area (Å²) >= 11 is 0. The molecule has 0 amide bonds. The van der Waals surface area contributed by atoms with Gasteiger partial charge < -0.3 is 15.5 Å². The normalized spacial score (nSPS) is 25.4. The number of likely N-dealkylation sites (N-methyl/N-ethyl adjacent to an activating group) is 1. The van der Waals surface area contributed by atoms with Crippen molar-refractivity contribution < 1.29 is 0 Å². The van der Waals surface area contributed by atoms with E-state index in [-0.39, 0.29) is 0 Å². The van der Waals surface area contributed by atoms with Crippen LogP contribution in [0.25, 0.3) is 0 Å². The van der Waals surface area contributed by atoms with Crippen LogP contribution in [0.5, 0.6) is 0 Å². The van der Waals surface area contributed by atoms with Crippen molar-refractivity contribution in [2.24, 2.45) is 5.73 Å². The fourth-order valence-electron chi connectivity index (χ4n) is 3.00. The van der Waals surface area contributed by atoms with Gasteiger partial charge in [0.15, 0.2) is 0 Å². The molecule has 106 valence electrons. The first-order valence-corrected chi connectivity index (χ1v) is 7.36. The molecule has 0 bridgehead atoms. The van der Waals surface area contributed by atoms with E-state index in [0.29, 0.717) is 12.1 Å². The van der Waals surface area contributed by atoms with Crippen LogP contribution in [-0.4, -0.2) is 43.7 Å². The van der Waals surface area contributed by atoms with Gasteiger partial charge in [0.25, 0.3) is 0 Å². The zero-order valence-electron chi connectivity index (χ0n) is 12.5. The fraction of sp³-hybridized carbons (Fsp3) is 0.625. The number of aryl methyl sites for hydroxylation is 1. The van der Waals surface area contributed by atoms with Gasteiger partial charge in [-0.15, -0.1) is 0 Å². The average Bonchev–Trinajstić information content (AvgIpc) is 2.53. The zero-order chi connectivity index (χ0) is 13.8. The van der Waals surface area contributed by atoms with Crippen LogP contribution in [-0.2, 0) is 0 Å². The highest BCUT2D eigenvalue weighted by molar-refractivity contribution is 5.54. The molecule has 2 N–H and O–H groups in total. The van der Waals surface area contributed by atoms with Gasteiger partial charge in [0.05, 0.1) is 0 Å². The molecule has 1 heterocycles. The molecule has 1 aliphatic heterocycles. The molecule has 2 atom stereocenters. The number of benzene rings is 1. The van der Waals surface area contributed by atoms with Crippen LogP contribution in [0.1, 0.15) is 25.3 Å².